The van der Waals surface area contributed by atoms with E-state index in [0.29, 0.717) is 12.6 Å². The van der Waals surface area contributed by atoms with Gasteiger partial charge in [-0.2, -0.15) is 0 Å². The molecular weight excluding hydrogens is 302 g/mol. The molecule has 3 amide bonds. The Kier molecular flexibility index (Phi) is 3.64. The number of rotatable bonds is 3. The first-order valence-corrected chi connectivity index (χ1v) is 8.94. The fraction of sp³-hybridized carbons (Fsp3) is 0.579. The van der Waals surface area contributed by atoms with E-state index in [1.165, 1.54) is 5.56 Å². The van der Waals surface area contributed by atoms with Gasteiger partial charge in [0.1, 0.15) is 5.54 Å². The molecule has 0 aliphatic carbocycles. The average molecular weight is 327 g/mol. The molecule has 24 heavy (non-hydrogen) atoms. The van der Waals surface area contributed by atoms with Gasteiger partial charge in [0.15, 0.2) is 0 Å². The smallest absolute Gasteiger partial charge is 0.310 e. The van der Waals surface area contributed by atoms with E-state index in [-0.39, 0.29) is 18.0 Å². The summed E-state index contributed by atoms with van der Waals surface area (Å²) in [7, 11) is 0. The van der Waals surface area contributed by atoms with Gasteiger partial charge in [0.05, 0.1) is 6.04 Å². The summed E-state index contributed by atoms with van der Waals surface area (Å²) < 4.78 is 0. The minimum atomic E-state index is -0.590. The van der Waals surface area contributed by atoms with Gasteiger partial charge in [-0.05, 0) is 38.7 Å². The summed E-state index contributed by atoms with van der Waals surface area (Å²) in [6, 6.07) is 10.7. The van der Waals surface area contributed by atoms with Crippen LogP contribution in [-0.2, 0) is 11.3 Å². The molecule has 4 rings (SSSR count). The first-order chi connectivity index (χ1) is 11.5. The molecular formula is C19H25N3O2. The lowest BCUT2D eigenvalue weighted by Gasteiger charge is -2.24. The molecule has 0 aromatic heterocycles. The Balaban J connectivity index is 1.50. The van der Waals surface area contributed by atoms with Crippen molar-refractivity contribution in [3.63, 3.8) is 0 Å². The summed E-state index contributed by atoms with van der Waals surface area (Å²) in [5.74, 6) is 0.0174. The van der Waals surface area contributed by atoms with Crippen LogP contribution in [0.1, 0.15) is 38.7 Å². The monoisotopic (exact) mass is 327 g/mol. The van der Waals surface area contributed by atoms with E-state index in [1.54, 1.807) is 9.80 Å². The number of amides is 3. The van der Waals surface area contributed by atoms with Crippen LogP contribution in [0.3, 0.4) is 0 Å². The van der Waals surface area contributed by atoms with Crippen molar-refractivity contribution in [2.75, 3.05) is 13.1 Å². The zero-order chi connectivity index (χ0) is 16.9. The lowest BCUT2D eigenvalue weighted by Crippen LogP contribution is -2.45. The summed E-state index contributed by atoms with van der Waals surface area (Å²) in [4.78, 5) is 31.4. The van der Waals surface area contributed by atoms with Gasteiger partial charge in [0.2, 0.25) is 0 Å². The van der Waals surface area contributed by atoms with Crippen molar-refractivity contribution in [3.05, 3.63) is 35.9 Å². The highest BCUT2D eigenvalue weighted by Gasteiger charge is 2.58. The van der Waals surface area contributed by atoms with Crippen LogP contribution in [0, 0.1) is 0 Å². The minimum Gasteiger partial charge on any atom is -0.310 e. The Labute approximate surface area is 143 Å². The molecule has 0 spiro atoms. The lowest BCUT2D eigenvalue weighted by molar-refractivity contribution is -0.133. The zero-order valence-electron chi connectivity index (χ0n) is 14.4. The van der Waals surface area contributed by atoms with Crippen LogP contribution in [-0.4, -0.2) is 57.4 Å². The molecule has 0 radical (unpaired) electrons. The number of carbonyl (C=O) groups is 2. The first kappa shape index (κ1) is 15.6. The summed E-state index contributed by atoms with van der Waals surface area (Å²) in [6.07, 6.45) is 2.60. The number of urea groups is 1. The van der Waals surface area contributed by atoms with Crippen LogP contribution in [0.2, 0.25) is 0 Å². The van der Waals surface area contributed by atoms with Crippen LogP contribution >= 0.6 is 0 Å². The molecule has 1 aromatic rings. The van der Waals surface area contributed by atoms with Crippen molar-refractivity contribution in [2.45, 2.75) is 57.3 Å². The predicted octanol–water partition coefficient (Wildman–Crippen LogP) is 2.47. The molecule has 0 saturated carbocycles. The highest BCUT2D eigenvalue weighted by Crippen LogP contribution is 2.40. The maximum absolute atomic E-state index is 12.9. The topological polar surface area (TPSA) is 43.9 Å². The molecule has 3 saturated heterocycles. The second kappa shape index (κ2) is 5.59. The maximum atomic E-state index is 12.9. The Hall–Kier alpha value is -1.88. The van der Waals surface area contributed by atoms with Crippen molar-refractivity contribution in [3.8, 4) is 0 Å². The molecule has 3 heterocycles. The normalized spacial score (nSPS) is 33.6. The fourth-order valence-electron chi connectivity index (χ4n) is 4.58. The SMILES string of the molecule is C[C@@H]1C[C@@H](N2C(=O)N3CCC[C@]3(C)C2=O)CN1Cc1ccccc1. The number of hydrogen-bond acceptors (Lipinski definition) is 3. The second-order valence-corrected chi connectivity index (χ2v) is 7.64. The van der Waals surface area contributed by atoms with Gasteiger partial charge >= 0.3 is 6.03 Å². The highest BCUT2D eigenvalue weighted by molar-refractivity contribution is 6.07. The van der Waals surface area contributed by atoms with E-state index >= 15 is 0 Å². The second-order valence-electron chi connectivity index (χ2n) is 7.64. The summed E-state index contributed by atoms with van der Waals surface area (Å²) >= 11 is 0. The van der Waals surface area contributed by atoms with Crippen molar-refractivity contribution in [1.29, 1.82) is 0 Å². The number of likely N-dealkylation sites (tertiary alicyclic amines) is 1. The Morgan fingerprint density at radius 2 is 1.96 bits per heavy atom. The third kappa shape index (κ3) is 2.25. The van der Waals surface area contributed by atoms with Gasteiger partial charge in [-0.25, -0.2) is 4.79 Å². The van der Waals surface area contributed by atoms with E-state index in [1.807, 2.05) is 13.0 Å². The molecule has 0 N–H and O–H groups in total. The molecule has 5 nitrogen and oxygen atoms in total. The Bertz CT molecular complexity index is 662. The van der Waals surface area contributed by atoms with Crippen molar-refractivity contribution in [2.24, 2.45) is 0 Å². The first-order valence-electron chi connectivity index (χ1n) is 8.94. The van der Waals surface area contributed by atoms with Gasteiger partial charge in [-0.15, -0.1) is 0 Å². The molecule has 3 fully saturated rings. The Morgan fingerprint density at radius 3 is 2.67 bits per heavy atom. The molecule has 3 aliphatic rings. The van der Waals surface area contributed by atoms with Crippen LogP contribution in [0.15, 0.2) is 30.3 Å². The number of imide groups is 1. The lowest BCUT2D eigenvalue weighted by atomic mass is 9.98. The molecule has 1 aromatic carbocycles. The van der Waals surface area contributed by atoms with E-state index in [0.717, 1.165) is 32.4 Å². The van der Waals surface area contributed by atoms with Crippen LogP contribution in [0.5, 0.6) is 0 Å². The largest absolute Gasteiger partial charge is 0.327 e. The Morgan fingerprint density at radius 1 is 1.21 bits per heavy atom. The van der Waals surface area contributed by atoms with E-state index < -0.39 is 5.54 Å². The fourth-order valence-corrected chi connectivity index (χ4v) is 4.58. The highest BCUT2D eigenvalue weighted by atomic mass is 16.2. The number of benzene rings is 1. The maximum Gasteiger partial charge on any atom is 0.327 e. The zero-order valence-corrected chi connectivity index (χ0v) is 14.4. The molecule has 0 bridgehead atoms. The number of carbonyl (C=O) groups excluding carboxylic acids is 2. The van der Waals surface area contributed by atoms with E-state index in [4.69, 9.17) is 0 Å². The molecule has 0 unspecified atom stereocenters. The van der Waals surface area contributed by atoms with Gasteiger partial charge in [-0.1, -0.05) is 30.3 Å². The quantitative estimate of drug-likeness (QED) is 0.801. The van der Waals surface area contributed by atoms with E-state index in [9.17, 15) is 9.59 Å². The summed E-state index contributed by atoms with van der Waals surface area (Å²) in [5, 5.41) is 0. The molecule has 5 heteroatoms. The third-order valence-electron chi connectivity index (χ3n) is 6.03. The van der Waals surface area contributed by atoms with Crippen LogP contribution < -0.4 is 0 Å². The van der Waals surface area contributed by atoms with Gasteiger partial charge in [0, 0.05) is 25.7 Å². The standard InChI is InChI=1S/C19H25N3O2/c1-14-11-16(13-20(14)12-15-7-4-3-5-8-15)22-17(23)19(2)9-6-10-21(19)18(22)24/h3-5,7-8,14,16H,6,9-13H2,1-2H3/t14-,16-,19-/m1/s1. The van der Waals surface area contributed by atoms with Gasteiger partial charge in [-0.3, -0.25) is 14.6 Å². The summed E-state index contributed by atoms with van der Waals surface area (Å²) in [6.45, 7) is 6.48. The molecule has 128 valence electrons. The number of fused-ring (bicyclic) bond motifs is 1. The molecule has 3 aliphatic heterocycles. The third-order valence-corrected chi connectivity index (χ3v) is 6.03. The van der Waals surface area contributed by atoms with Gasteiger partial charge < -0.3 is 4.90 Å². The number of nitrogens with zero attached hydrogens (tertiary/aromatic N) is 3. The molecule has 3 atom stereocenters. The van der Waals surface area contributed by atoms with Crippen molar-refractivity contribution in [1.82, 2.24) is 14.7 Å². The van der Waals surface area contributed by atoms with Gasteiger partial charge in [0.25, 0.3) is 5.91 Å². The van der Waals surface area contributed by atoms with E-state index in [2.05, 4.69) is 36.1 Å². The van der Waals surface area contributed by atoms with Crippen LogP contribution in [0.25, 0.3) is 0 Å². The predicted molar refractivity (Wildman–Crippen MR) is 91.3 cm³/mol. The van der Waals surface area contributed by atoms with Crippen LogP contribution in [0.4, 0.5) is 4.79 Å². The number of hydrogen-bond donors (Lipinski definition) is 0. The van der Waals surface area contributed by atoms with Crippen molar-refractivity contribution >= 4 is 11.9 Å². The van der Waals surface area contributed by atoms with Crippen molar-refractivity contribution < 1.29 is 9.59 Å². The average Bonchev–Trinajstić information content (AvgIpc) is 3.17. The minimum absolute atomic E-state index is 0.00568. The summed E-state index contributed by atoms with van der Waals surface area (Å²) in [5.41, 5.74) is 0.685.